The van der Waals surface area contributed by atoms with Gasteiger partial charge in [0.2, 0.25) is 10.0 Å². The number of nitrogens with zero attached hydrogens (tertiary/aromatic N) is 4. The van der Waals surface area contributed by atoms with Crippen molar-refractivity contribution in [2.45, 2.75) is 31.3 Å². The monoisotopic (exact) mass is 636 g/mol. The quantitative estimate of drug-likeness (QED) is 0.187. The molecule has 1 aliphatic heterocycles. The fraction of sp³-hybridized carbons (Fsp3) is 0.242. The number of benzene rings is 4. The molecule has 1 aromatic heterocycles. The first-order chi connectivity index (χ1) is 21.6. The molecule has 4 aromatic carbocycles. The van der Waals surface area contributed by atoms with Crippen molar-refractivity contribution in [1.82, 2.24) is 13.9 Å². The van der Waals surface area contributed by atoms with Crippen molar-refractivity contribution in [3.05, 3.63) is 114 Å². The predicted molar refractivity (Wildman–Crippen MR) is 165 cm³/mol. The average molecular weight is 637 g/mol. The summed E-state index contributed by atoms with van der Waals surface area (Å²) in [4.78, 5) is 7.29. The van der Waals surface area contributed by atoms with Gasteiger partial charge in [-0.1, -0.05) is 48.5 Å². The van der Waals surface area contributed by atoms with Crippen LogP contribution in [0.2, 0.25) is 0 Å². The Kier molecular flexibility index (Phi) is 8.43. The van der Waals surface area contributed by atoms with Crippen molar-refractivity contribution < 1.29 is 31.1 Å². The minimum absolute atomic E-state index is 0.179. The van der Waals surface area contributed by atoms with E-state index in [-0.39, 0.29) is 12.4 Å². The van der Waals surface area contributed by atoms with Crippen LogP contribution >= 0.6 is 0 Å². The Labute approximate surface area is 259 Å². The number of aromatic nitrogens is 2. The predicted octanol–water partition coefficient (Wildman–Crippen LogP) is 6.38. The topological polar surface area (TPSA) is 76.9 Å². The number of fused-ring (bicyclic) bond motifs is 1. The lowest BCUT2D eigenvalue weighted by molar-refractivity contribution is -0.274. The van der Waals surface area contributed by atoms with E-state index in [2.05, 4.69) is 9.64 Å². The highest BCUT2D eigenvalue weighted by Gasteiger charge is 2.31. The normalized spacial score (nSPS) is 14.5. The summed E-state index contributed by atoms with van der Waals surface area (Å²) in [6.45, 7) is 4.02. The number of imidazole rings is 1. The zero-order valence-corrected chi connectivity index (χ0v) is 25.3. The largest absolute Gasteiger partial charge is 0.573 e. The molecule has 8 nitrogen and oxygen atoms in total. The minimum atomic E-state index is -4.77. The number of alkyl halides is 3. The molecular formula is C33H31F3N4O4S. The zero-order chi connectivity index (χ0) is 31.6. The van der Waals surface area contributed by atoms with E-state index in [0.717, 1.165) is 22.3 Å². The Hall–Kier alpha value is -4.55. The van der Waals surface area contributed by atoms with Gasteiger partial charge in [-0.05, 0) is 66.6 Å². The summed E-state index contributed by atoms with van der Waals surface area (Å²) in [6, 6.07) is 28.0. The van der Waals surface area contributed by atoms with Gasteiger partial charge in [-0.3, -0.25) is 0 Å². The van der Waals surface area contributed by atoms with E-state index >= 15 is 0 Å². The van der Waals surface area contributed by atoms with Gasteiger partial charge in [0.05, 0.1) is 15.9 Å². The highest BCUT2D eigenvalue weighted by Crippen LogP contribution is 2.29. The fourth-order valence-electron chi connectivity index (χ4n) is 5.46. The first-order valence-corrected chi connectivity index (χ1v) is 15.8. The van der Waals surface area contributed by atoms with Gasteiger partial charge in [0.15, 0.2) is 0 Å². The van der Waals surface area contributed by atoms with Crippen molar-refractivity contribution in [3.63, 3.8) is 0 Å². The molecule has 5 aromatic rings. The van der Waals surface area contributed by atoms with Crippen LogP contribution in [0.15, 0.2) is 102 Å². The van der Waals surface area contributed by atoms with Crippen LogP contribution in [0, 0.1) is 6.92 Å². The van der Waals surface area contributed by atoms with Crippen LogP contribution < -0.4 is 14.4 Å². The summed E-state index contributed by atoms with van der Waals surface area (Å²) >= 11 is 0. The number of ether oxygens (including phenoxy) is 2. The second-order valence-corrected chi connectivity index (χ2v) is 12.6. The van der Waals surface area contributed by atoms with Crippen LogP contribution in [0.3, 0.4) is 0 Å². The number of halogens is 3. The standard InChI is InChI=1S/C33H31F3N4O4S/c1-24-7-5-6-10-31(24)45(41,42)39-19-17-38(18-20-39)26-13-16-29-30(21-26)40(32(37-29)23-43-27-8-3-2-4-9-27)22-25-11-14-28(15-12-25)44-33(34,35)36/h2-16,21H,17-20,22-23H2,1H3. The number of aryl methyl sites for hydroxylation is 1. The van der Waals surface area contributed by atoms with Gasteiger partial charge >= 0.3 is 6.36 Å². The molecule has 1 aliphatic rings. The molecule has 0 amide bonds. The molecule has 0 atom stereocenters. The molecular weight excluding hydrogens is 605 g/mol. The lowest BCUT2D eigenvalue weighted by atomic mass is 10.2. The maximum absolute atomic E-state index is 13.3. The Morgan fingerprint density at radius 3 is 2.20 bits per heavy atom. The average Bonchev–Trinajstić information content (AvgIpc) is 3.37. The van der Waals surface area contributed by atoms with Crippen LogP contribution in [-0.2, 0) is 23.2 Å². The highest BCUT2D eigenvalue weighted by molar-refractivity contribution is 7.89. The summed E-state index contributed by atoms with van der Waals surface area (Å²) < 4.78 is 78.2. The van der Waals surface area contributed by atoms with E-state index in [0.29, 0.717) is 54.8 Å². The lowest BCUT2D eigenvalue weighted by Crippen LogP contribution is -2.48. The molecule has 6 rings (SSSR count). The number of hydrogen-bond donors (Lipinski definition) is 0. The molecule has 0 spiro atoms. The fourth-order valence-corrected chi connectivity index (χ4v) is 7.11. The molecule has 0 N–H and O–H groups in total. The summed E-state index contributed by atoms with van der Waals surface area (Å²) in [7, 11) is -3.61. The molecule has 0 radical (unpaired) electrons. The van der Waals surface area contributed by atoms with Gasteiger partial charge < -0.3 is 18.9 Å². The molecule has 1 fully saturated rings. The number of anilines is 1. The van der Waals surface area contributed by atoms with Gasteiger partial charge in [-0.15, -0.1) is 13.2 Å². The van der Waals surface area contributed by atoms with Crippen LogP contribution in [-0.4, -0.2) is 54.8 Å². The van der Waals surface area contributed by atoms with Gasteiger partial charge in [0.1, 0.15) is 23.9 Å². The number of rotatable bonds is 9. The minimum Gasteiger partial charge on any atom is -0.486 e. The van der Waals surface area contributed by atoms with Crippen LogP contribution in [0.5, 0.6) is 11.5 Å². The van der Waals surface area contributed by atoms with E-state index in [1.165, 1.54) is 16.4 Å². The van der Waals surface area contributed by atoms with Gasteiger partial charge in [0.25, 0.3) is 0 Å². The SMILES string of the molecule is Cc1ccccc1S(=O)(=O)N1CCN(c2ccc3nc(COc4ccccc4)n(Cc4ccc(OC(F)(F)F)cc4)c3c2)CC1. The Balaban J connectivity index is 1.25. The zero-order valence-electron chi connectivity index (χ0n) is 24.4. The van der Waals surface area contributed by atoms with Crippen LogP contribution in [0.4, 0.5) is 18.9 Å². The Bertz CT molecular complexity index is 1890. The third-order valence-electron chi connectivity index (χ3n) is 7.73. The highest BCUT2D eigenvalue weighted by atomic mass is 32.2. The first kappa shape index (κ1) is 30.5. The van der Waals surface area contributed by atoms with E-state index in [9.17, 15) is 21.6 Å². The van der Waals surface area contributed by atoms with Crippen LogP contribution in [0.1, 0.15) is 17.0 Å². The second-order valence-electron chi connectivity index (χ2n) is 10.7. The van der Waals surface area contributed by atoms with Crippen molar-refractivity contribution in [3.8, 4) is 11.5 Å². The van der Waals surface area contributed by atoms with E-state index in [1.807, 2.05) is 59.2 Å². The summed E-state index contributed by atoms with van der Waals surface area (Å²) in [6.07, 6.45) is -4.77. The van der Waals surface area contributed by atoms with Crippen molar-refractivity contribution in [2.75, 3.05) is 31.1 Å². The molecule has 1 saturated heterocycles. The van der Waals surface area contributed by atoms with Crippen molar-refractivity contribution in [2.24, 2.45) is 0 Å². The van der Waals surface area contributed by atoms with E-state index < -0.39 is 16.4 Å². The van der Waals surface area contributed by atoms with E-state index in [4.69, 9.17) is 9.72 Å². The molecule has 0 bridgehead atoms. The molecule has 45 heavy (non-hydrogen) atoms. The third-order valence-corrected chi connectivity index (χ3v) is 9.79. The number of sulfonamides is 1. The van der Waals surface area contributed by atoms with Gasteiger partial charge in [0, 0.05) is 38.4 Å². The van der Waals surface area contributed by atoms with Gasteiger partial charge in [-0.2, -0.15) is 4.31 Å². The summed E-state index contributed by atoms with van der Waals surface area (Å²) in [5.41, 5.74) is 3.95. The Morgan fingerprint density at radius 2 is 1.51 bits per heavy atom. The van der Waals surface area contributed by atoms with Gasteiger partial charge in [-0.25, -0.2) is 13.4 Å². The molecule has 12 heteroatoms. The maximum atomic E-state index is 13.3. The third kappa shape index (κ3) is 6.91. The summed E-state index contributed by atoms with van der Waals surface area (Å²) in [5.74, 6) is 1.04. The Morgan fingerprint density at radius 1 is 0.822 bits per heavy atom. The van der Waals surface area contributed by atoms with Crippen molar-refractivity contribution in [1.29, 1.82) is 0 Å². The smallest absolute Gasteiger partial charge is 0.486 e. The molecule has 0 saturated carbocycles. The van der Waals surface area contributed by atoms with E-state index in [1.54, 1.807) is 37.3 Å². The molecule has 0 unspecified atom stereocenters. The van der Waals surface area contributed by atoms with Crippen molar-refractivity contribution >= 4 is 26.7 Å². The molecule has 234 valence electrons. The number of piperazine rings is 1. The molecule has 0 aliphatic carbocycles. The lowest BCUT2D eigenvalue weighted by Gasteiger charge is -2.35. The second kappa shape index (κ2) is 12.4. The first-order valence-electron chi connectivity index (χ1n) is 14.4. The summed E-state index contributed by atoms with van der Waals surface area (Å²) in [5, 5.41) is 0. The number of para-hydroxylation sites is 1. The van der Waals surface area contributed by atoms with Crippen LogP contribution in [0.25, 0.3) is 11.0 Å². The maximum Gasteiger partial charge on any atom is 0.573 e. The molecule has 2 heterocycles. The number of hydrogen-bond acceptors (Lipinski definition) is 6.